The number of aryl methyl sites for hydroxylation is 1. The number of hydrogen-bond acceptors (Lipinski definition) is 8. The lowest BCUT2D eigenvalue weighted by Crippen LogP contribution is -2.39. The average molecular weight is 467 g/mol. The highest BCUT2D eigenvalue weighted by Gasteiger charge is 2.31. The minimum atomic E-state index is -1.18. The van der Waals surface area contributed by atoms with Crippen molar-refractivity contribution in [2.45, 2.75) is 37.1 Å². The molecule has 0 saturated carbocycles. The van der Waals surface area contributed by atoms with Gasteiger partial charge in [-0.25, -0.2) is 9.78 Å². The number of carbonyl (C=O) groups excluding carboxylic acids is 1. The van der Waals surface area contributed by atoms with Crippen molar-refractivity contribution in [2.75, 3.05) is 35.7 Å². The number of nitrogens with two attached hydrogens (primary N) is 1. The van der Waals surface area contributed by atoms with Gasteiger partial charge in [0.2, 0.25) is 5.95 Å². The predicted molar refractivity (Wildman–Crippen MR) is 127 cm³/mol. The van der Waals surface area contributed by atoms with Crippen LogP contribution in [0.3, 0.4) is 0 Å². The lowest BCUT2D eigenvalue weighted by Gasteiger charge is -2.29. The molecule has 2 aliphatic heterocycles. The molecule has 0 fully saturated rings. The predicted octanol–water partition coefficient (Wildman–Crippen LogP) is 2.10. The Bertz CT molecular complexity index is 1170. The summed E-state index contributed by atoms with van der Waals surface area (Å²) in [5, 5.41) is 3.28. The Kier molecular flexibility index (Phi) is 6.33. The molecule has 33 heavy (non-hydrogen) atoms. The van der Waals surface area contributed by atoms with Gasteiger partial charge in [-0.3, -0.25) is 9.19 Å². The van der Waals surface area contributed by atoms with E-state index in [0.717, 1.165) is 35.5 Å². The molecule has 0 unspecified atom stereocenters. The fourth-order valence-corrected chi connectivity index (χ4v) is 5.08. The van der Waals surface area contributed by atoms with Crippen LogP contribution in [0, 0.1) is 12.3 Å². The Morgan fingerprint density at radius 2 is 2.18 bits per heavy atom. The van der Waals surface area contributed by atoms with Crippen molar-refractivity contribution in [1.29, 1.82) is 0 Å². The maximum atomic E-state index is 12.6. The molecule has 172 valence electrons. The second kappa shape index (κ2) is 9.19. The molecule has 0 radical (unpaired) electrons. The fraction of sp³-hybridized carbons (Fsp3) is 0.391. The largest absolute Gasteiger partial charge is 0.447 e. The lowest BCUT2D eigenvalue weighted by atomic mass is 10.0. The fourth-order valence-electron chi connectivity index (χ4n) is 3.77. The third kappa shape index (κ3) is 5.14. The molecule has 4 heterocycles. The number of amides is 1. The van der Waals surface area contributed by atoms with Gasteiger partial charge in [-0.2, -0.15) is 4.98 Å². The van der Waals surface area contributed by atoms with Gasteiger partial charge in [0.15, 0.2) is 0 Å². The van der Waals surface area contributed by atoms with Crippen LogP contribution in [0.1, 0.15) is 37.2 Å². The minimum Gasteiger partial charge on any atom is -0.447 e. The van der Waals surface area contributed by atoms with Crippen molar-refractivity contribution in [3.8, 4) is 12.3 Å². The topological polar surface area (TPSA) is 123 Å². The first-order chi connectivity index (χ1) is 15.8. The van der Waals surface area contributed by atoms with E-state index in [0.29, 0.717) is 35.4 Å². The van der Waals surface area contributed by atoms with E-state index in [9.17, 15) is 9.00 Å². The number of hydrogen-bond donors (Lipinski definition) is 2. The standard InChI is InChI=1S/C23H26N6O3S/c1-4-15-5-6-17(25-13-15)16-7-10-29(11-8-16)22-26-18-9-12-33(31)19(18)20(27-22)28-23(2,3)14-32-21(24)30/h1,5-7,13H,8-12,14H2,2-3H3,(H2,24,30)(H,26,27,28)/t33-/m1/s1. The monoisotopic (exact) mass is 466 g/mol. The normalized spacial score (nSPS) is 17.7. The summed E-state index contributed by atoms with van der Waals surface area (Å²) in [5.41, 5.74) is 8.05. The van der Waals surface area contributed by atoms with Gasteiger partial charge >= 0.3 is 6.09 Å². The summed E-state index contributed by atoms with van der Waals surface area (Å²) >= 11 is 0. The lowest BCUT2D eigenvalue weighted by molar-refractivity contribution is 0.138. The first kappa shape index (κ1) is 22.7. The van der Waals surface area contributed by atoms with Crippen LogP contribution in [-0.2, 0) is 22.0 Å². The number of pyridine rings is 1. The van der Waals surface area contributed by atoms with Gasteiger partial charge in [0, 0.05) is 37.0 Å². The highest BCUT2D eigenvalue weighted by Crippen LogP contribution is 2.32. The number of carbonyl (C=O) groups is 1. The number of anilines is 2. The van der Waals surface area contributed by atoms with Gasteiger partial charge in [0.25, 0.3) is 0 Å². The van der Waals surface area contributed by atoms with E-state index < -0.39 is 22.4 Å². The third-order valence-electron chi connectivity index (χ3n) is 5.46. The maximum absolute atomic E-state index is 12.6. The molecule has 0 aromatic carbocycles. The van der Waals surface area contributed by atoms with Crippen molar-refractivity contribution in [3.05, 3.63) is 41.4 Å². The van der Waals surface area contributed by atoms with Crippen molar-refractivity contribution < 1.29 is 13.7 Å². The van der Waals surface area contributed by atoms with Crippen LogP contribution in [-0.4, -0.2) is 56.2 Å². The summed E-state index contributed by atoms with van der Waals surface area (Å²) in [5.74, 6) is 4.18. The van der Waals surface area contributed by atoms with Crippen LogP contribution < -0.4 is 16.0 Å². The molecule has 2 aromatic heterocycles. The quantitative estimate of drug-likeness (QED) is 0.621. The Balaban J connectivity index is 1.57. The molecule has 0 spiro atoms. The number of ether oxygens (including phenoxy) is 1. The third-order valence-corrected chi connectivity index (χ3v) is 6.92. The Hall–Kier alpha value is -3.45. The molecule has 1 atom stereocenters. The number of primary amides is 1. The van der Waals surface area contributed by atoms with Crippen LogP contribution in [0.25, 0.3) is 5.57 Å². The second-order valence-electron chi connectivity index (χ2n) is 8.57. The first-order valence-electron chi connectivity index (χ1n) is 10.6. The van der Waals surface area contributed by atoms with Crippen LogP contribution in [0.15, 0.2) is 29.3 Å². The molecule has 0 saturated heterocycles. The van der Waals surface area contributed by atoms with Crippen molar-refractivity contribution in [1.82, 2.24) is 15.0 Å². The van der Waals surface area contributed by atoms with E-state index in [1.807, 2.05) is 26.0 Å². The van der Waals surface area contributed by atoms with E-state index in [2.05, 4.69) is 27.2 Å². The van der Waals surface area contributed by atoms with Crippen LogP contribution in [0.2, 0.25) is 0 Å². The molecule has 9 nitrogen and oxygen atoms in total. The Morgan fingerprint density at radius 1 is 1.36 bits per heavy atom. The molecule has 4 rings (SSSR count). The van der Waals surface area contributed by atoms with Gasteiger partial charge in [-0.1, -0.05) is 12.0 Å². The molecule has 1 amide bonds. The van der Waals surface area contributed by atoms with Gasteiger partial charge in [-0.15, -0.1) is 6.42 Å². The summed E-state index contributed by atoms with van der Waals surface area (Å²) in [6.45, 7) is 5.11. The summed E-state index contributed by atoms with van der Waals surface area (Å²) < 4.78 is 17.6. The zero-order valence-corrected chi connectivity index (χ0v) is 19.4. The van der Waals surface area contributed by atoms with E-state index in [4.69, 9.17) is 26.9 Å². The number of nitrogens with one attached hydrogen (secondary N) is 1. The number of aromatic nitrogens is 3. The molecule has 0 bridgehead atoms. The van der Waals surface area contributed by atoms with Crippen LogP contribution in [0.4, 0.5) is 16.6 Å². The van der Waals surface area contributed by atoms with Crippen LogP contribution >= 0.6 is 0 Å². The molecule has 2 aromatic rings. The molecular formula is C23H26N6O3S. The van der Waals surface area contributed by atoms with Crippen molar-refractivity contribution in [2.24, 2.45) is 5.73 Å². The number of fused-ring (bicyclic) bond motifs is 1. The second-order valence-corrected chi connectivity index (χ2v) is 10.1. The smallest absolute Gasteiger partial charge is 0.404 e. The number of terminal acetylenes is 1. The number of rotatable bonds is 6. The summed E-state index contributed by atoms with van der Waals surface area (Å²) in [4.78, 5) is 27.6. The highest BCUT2D eigenvalue weighted by molar-refractivity contribution is 7.85. The summed E-state index contributed by atoms with van der Waals surface area (Å²) in [7, 11) is -1.18. The Morgan fingerprint density at radius 3 is 2.82 bits per heavy atom. The van der Waals surface area contributed by atoms with Gasteiger partial charge in [-0.05, 0) is 38.0 Å². The first-order valence-corrected chi connectivity index (χ1v) is 11.9. The molecule has 3 N–H and O–H groups in total. The zero-order chi connectivity index (χ0) is 23.6. The average Bonchev–Trinajstić information content (AvgIpc) is 3.19. The van der Waals surface area contributed by atoms with E-state index in [1.165, 1.54) is 0 Å². The van der Waals surface area contributed by atoms with E-state index in [-0.39, 0.29) is 6.61 Å². The zero-order valence-electron chi connectivity index (χ0n) is 18.6. The summed E-state index contributed by atoms with van der Waals surface area (Å²) in [6, 6.07) is 3.83. The summed E-state index contributed by atoms with van der Waals surface area (Å²) in [6.07, 6.45) is 9.80. The van der Waals surface area contributed by atoms with Crippen LogP contribution in [0.5, 0.6) is 0 Å². The van der Waals surface area contributed by atoms with Crippen molar-refractivity contribution >= 4 is 34.2 Å². The molecule has 0 aliphatic carbocycles. The molecule has 2 aliphatic rings. The number of nitrogens with zero attached hydrogens (tertiary/aromatic N) is 4. The van der Waals surface area contributed by atoms with Gasteiger partial charge in [0.1, 0.15) is 17.3 Å². The SMILES string of the molecule is C#Cc1ccc(C2=CCN(c3nc4c(c(NC(C)(C)COC(N)=O)n3)[S@](=O)CC4)CC2)nc1. The Labute approximate surface area is 195 Å². The van der Waals surface area contributed by atoms with Gasteiger partial charge < -0.3 is 20.7 Å². The van der Waals surface area contributed by atoms with Gasteiger partial charge in [0.05, 0.1) is 27.7 Å². The van der Waals surface area contributed by atoms with Crippen molar-refractivity contribution in [3.63, 3.8) is 0 Å². The van der Waals surface area contributed by atoms with E-state index >= 15 is 0 Å². The molecule has 10 heteroatoms. The highest BCUT2D eigenvalue weighted by atomic mass is 32.2. The minimum absolute atomic E-state index is 0.0460. The maximum Gasteiger partial charge on any atom is 0.404 e. The molecular weight excluding hydrogens is 440 g/mol. The van der Waals surface area contributed by atoms with E-state index in [1.54, 1.807) is 6.20 Å².